The number of aliphatic hydroxyl groups excluding tert-OH is 2. The molecule has 10 atom stereocenters. The van der Waals surface area contributed by atoms with Crippen molar-refractivity contribution < 1.29 is 67.8 Å². The highest BCUT2D eigenvalue weighted by atomic mass is 32.2. The first-order valence-electron chi connectivity index (χ1n) is 20.5. The summed E-state index contributed by atoms with van der Waals surface area (Å²) >= 11 is 1.11. The highest BCUT2D eigenvalue weighted by Gasteiger charge is 2.63. The highest BCUT2D eigenvalue weighted by Crippen LogP contribution is 2.55. The third-order valence-corrected chi connectivity index (χ3v) is 13.2. The van der Waals surface area contributed by atoms with Gasteiger partial charge in [-0.25, -0.2) is 0 Å². The number of hydrogen-bond donors (Lipinski definition) is 5. The van der Waals surface area contributed by atoms with Gasteiger partial charge in [-0.3, -0.25) is 28.8 Å². The molecule has 1 amide bonds. The largest absolute Gasteiger partial charge is 0.481 e. The number of benzene rings is 1. The minimum atomic E-state index is -1.94. The molecule has 2 fully saturated rings. The SMILES string of the molecule is CC(=O)O.CCCCSC(=O)N[C@H](CC(=O)O[C@H]1C[C@@](O)([C@H](C)O)C(C)(C)C(C(OC(C)=O)C(=O)[C@@]2(C)C(C)C3CO[C@@H]3C[C@@H]2O)=C1C)c1ccco1.O=Cc1ccccc1. The first-order valence-corrected chi connectivity index (χ1v) is 21.5. The van der Waals surface area contributed by atoms with Gasteiger partial charge in [0.15, 0.2) is 11.9 Å². The number of esters is 2. The number of Topliss-reactive ketones (excluding diaryl/α,β-unsaturated/α-hetero) is 1. The Bertz CT molecular complexity index is 1840. The van der Waals surface area contributed by atoms with Gasteiger partial charge in [0.2, 0.25) is 0 Å². The van der Waals surface area contributed by atoms with Crippen molar-refractivity contribution >= 4 is 47.0 Å². The third kappa shape index (κ3) is 12.2. The van der Waals surface area contributed by atoms with E-state index in [2.05, 4.69) is 5.32 Å². The summed E-state index contributed by atoms with van der Waals surface area (Å²) in [7, 11) is 0. The summed E-state index contributed by atoms with van der Waals surface area (Å²) in [5.74, 6) is -2.19. The van der Waals surface area contributed by atoms with Crippen molar-refractivity contribution in [2.45, 2.75) is 137 Å². The van der Waals surface area contributed by atoms with E-state index in [1.54, 1.807) is 52.0 Å². The van der Waals surface area contributed by atoms with E-state index < -0.39 is 70.6 Å². The van der Waals surface area contributed by atoms with Crippen LogP contribution in [-0.2, 0) is 33.4 Å². The summed E-state index contributed by atoms with van der Waals surface area (Å²) in [4.78, 5) is 72.7. The predicted octanol–water partition coefficient (Wildman–Crippen LogP) is 6.24. The number of nitrogens with one attached hydrogen (secondary N) is 1. The summed E-state index contributed by atoms with van der Waals surface area (Å²) in [6, 6.07) is 11.5. The molecule has 61 heavy (non-hydrogen) atoms. The van der Waals surface area contributed by atoms with Crippen molar-refractivity contribution in [2.24, 2.45) is 22.7 Å². The molecule has 0 spiro atoms. The van der Waals surface area contributed by atoms with Crippen LogP contribution in [0, 0.1) is 22.7 Å². The first-order chi connectivity index (χ1) is 28.6. The number of hydrogen-bond acceptors (Lipinski definition) is 14. The first kappa shape index (κ1) is 51.0. The number of carbonyl (C=O) groups is 6. The lowest BCUT2D eigenvalue weighted by Gasteiger charge is -2.56. The number of ether oxygens (including phenoxy) is 3. The van der Waals surface area contributed by atoms with E-state index in [4.69, 9.17) is 28.5 Å². The molecule has 5 N–H and O–H groups in total. The molecule has 338 valence electrons. The zero-order valence-corrected chi connectivity index (χ0v) is 37.4. The molecule has 3 unspecified atom stereocenters. The Kier molecular flexibility index (Phi) is 18.5. The molecule has 1 saturated carbocycles. The van der Waals surface area contributed by atoms with Crippen molar-refractivity contribution in [3.63, 3.8) is 0 Å². The molecular weight excluding hydrogens is 811 g/mol. The quantitative estimate of drug-likeness (QED) is 0.0612. The number of ketones is 1. The normalized spacial score (nSPS) is 27.7. The van der Waals surface area contributed by atoms with Gasteiger partial charge in [-0.05, 0) is 56.4 Å². The third-order valence-electron chi connectivity index (χ3n) is 12.4. The predicted molar refractivity (Wildman–Crippen MR) is 226 cm³/mol. The van der Waals surface area contributed by atoms with Gasteiger partial charge in [-0.2, -0.15) is 0 Å². The smallest absolute Gasteiger partial charge is 0.308 e. The van der Waals surface area contributed by atoms with Crippen LogP contribution in [0.15, 0.2) is 64.3 Å². The van der Waals surface area contributed by atoms with Crippen LogP contribution in [0.3, 0.4) is 0 Å². The van der Waals surface area contributed by atoms with Crippen molar-refractivity contribution in [2.75, 3.05) is 12.4 Å². The summed E-state index contributed by atoms with van der Waals surface area (Å²) < 4.78 is 22.9. The number of aldehydes is 1. The summed E-state index contributed by atoms with van der Waals surface area (Å²) in [5, 5.41) is 44.5. The molecule has 15 nitrogen and oxygen atoms in total. The second-order valence-corrected chi connectivity index (χ2v) is 17.7. The maximum atomic E-state index is 14.8. The average Bonchev–Trinajstić information content (AvgIpc) is 3.72. The minimum Gasteiger partial charge on any atom is -0.481 e. The number of carbonyl (C=O) groups excluding carboxylic acids is 5. The minimum absolute atomic E-state index is 0.0283. The second-order valence-electron chi connectivity index (χ2n) is 16.7. The number of carboxylic acids is 1. The molecule has 1 aromatic heterocycles. The van der Waals surface area contributed by atoms with E-state index >= 15 is 0 Å². The molecule has 5 rings (SSSR count). The fraction of sp³-hybridized carbons (Fsp3) is 0.600. The maximum absolute atomic E-state index is 14.8. The summed E-state index contributed by atoms with van der Waals surface area (Å²) in [5.41, 5.74) is -3.36. The Morgan fingerprint density at radius 2 is 1.70 bits per heavy atom. The van der Waals surface area contributed by atoms with Gasteiger partial charge in [0.25, 0.3) is 11.2 Å². The lowest BCUT2D eigenvalue weighted by atomic mass is 9.53. The number of thioether (sulfide) groups is 1. The van der Waals surface area contributed by atoms with Gasteiger partial charge >= 0.3 is 11.9 Å². The van der Waals surface area contributed by atoms with E-state index in [-0.39, 0.29) is 48.0 Å². The zero-order chi connectivity index (χ0) is 45.9. The second kappa shape index (κ2) is 22.1. The van der Waals surface area contributed by atoms with Gasteiger partial charge in [-0.15, -0.1) is 0 Å². The number of aliphatic carboxylic acids is 1. The van der Waals surface area contributed by atoms with Crippen molar-refractivity contribution in [1.82, 2.24) is 5.32 Å². The summed E-state index contributed by atoms with van der Waals surface area (Å²) in [6.45, 7) is 14.6. The van der Waals surface area contributed by atoms with Gasteiger partial charge in [0.05, 0.1) is 49.1 Å². The lowest BCUT2D eigenvalue weighted by molar-refractivity contribution is -0.221. The number of aliphatic hydroxyl groups is 3. The Morgan fingerprint density at radius 1 is 1.07 bits per heavy atom. The Balaban J connectivity index is 0.000000715. The van der Waals surface area contributed by atoms with Gasteiger partial charge in [0.1, 0.15) is 23.8 Å². The molecule has 2 aliphatic carbocycles. The number of carboxylic acid groups (broad SMARTS) is 1. The molecule has 3 aliphatic rings. The van der Waals surface area contributed by atoms with E-state index in [1.165, 1.54) is 20.1 Å². The fourth-order valence-corrected chi connectivity index (χ4v) is 9.25. The van der Waals surface area contributed by atoms with Crippen LogP contribution in [0.2, 0.25) is 0 Å². The highest BCUT2D eigenvalue weighted by molar-refractivity contribution is 8.13. The Morgan fingerprint density at radius 3 is 2.20 bits per heavy atom. The molecule has 1 aliphatic heterocycles. The Hall–Kier alpha value is -4.35. The molecule has 1 aromatic carbocycles. The monoisotopic (exact) mass is 873 g/mol. The lowest BCUT2D eigenvalue weighted by Crippen LogP contribution is -2.65. The van der Waals surface area contributed by atoms with Gasteiger partial charge < -0.3 is 44.4 Å². The van der Waals surface area contributed by atoms with E-state index in [1.807, 2.05) is 32.0 Å². The molecule has 1 saturated heterocycles. The molecule has 0 bridgehead atoms. The number of rotatable bonds is 14. The Labute approximate surface area is 362 Å². The standard InChI is InChI=1S/C36H53NO11S.C7H6O.C2H4O2/c1-9-10-14-49-33(43)37-24(25-12-11-13-45-25)15-29(41)48-27-17-36(44,21(4)38)34(6,7)30(19(27)2)31(47-22(5)39)32(42)35(8)20(3)23-18-46-26(23)16-28(35)40;8-6-7-4-2-1-3-5-7;1-2(3)4/h11-13,20-21,23-24,26-28,31,38,40,44H,9-10,14-18H2,1-8H3,(H,37,43);1-6H;1H3,(H,3,4)/t20?,21-,23?,24+,26+,27-,28-,31?,35-,36+;;/m0../s1. The number of fused-ring (bicyclic) bond motifs is 1. The molecular formula is C45H63NO14S. The van der Waals surface area contributed by atoms with Crippen LogP contribution >= 0.6 is 11.8 Å². The molecule has 2 heterocycles. The van der Waals surface area contributed by atoms with Crippen LogP contribution in [0.4, 0.5) is 4.79 Å². The van der Waals surface area contributed by atoms with Crippen molar-refractivity contribution in [1.29, 1.82) is 0 Å². The van der Waals surface area contributed by atoms with Crippen LogP contribution in [0.1, 0.15) is 117 Å². The van der Waals surface area contributed by atoms with Crippen LogP contribution in [0.5, 0.6) is 0 Å². The van der Waals surface area contributed by atoms with E-state index in [9.17, 15) is 39.3 Å². The maximum Gasteiger partial charge on any atom is 0.308 e. The van der Waals surface area contributed by atoms with Gasteiger partial charge in [-0.1, -0.05) is 76.2 Å². The zero-order valence-electron chi connectivity index (χ0n) is 36.5. The van der Waals surface area contributed by atoms with Crippen LogP contribution in [-0.4, -0.2) is 104 Å². The van der Waals surface area contributed by atoms with Crippen LogP contribution < -0.4 is 5.32 Å². The number of amides is 1. The van der Waals surface area contributed by atoms with Crippen molar-refractivity contribution in [3.05, 3.63) is 71.2 Å². The van der Waals surface area contributed by atoms with E-state index in [0.717, 1.165) is 43.4 Å². The fourth-order valence-electron chi connectivity index (χ4n) is 8.40. The van der Waals surface area contributed by atoms with Crippen LogP contribution in [0.25, 0.3) is 0 Å². The van der Waals surface area contributed by atoms with Gasteiger partial charge in [0, 0.05) is 49.3 Å². The molecule has 2 aromatic rings. The van der Waals surface area contributed by atoms with Crippen molar-refractivity contribution in [3.8, 4) is 0 Å². The molecule has 0 radical (unpaired) electrons. The average molecular weight is 874 g/mol. The summed E-state index contributed by atoms with van der Waals surface area (Å²) in [6.07, 6.45) is -1.56. The molecule has 16 heteroatoms. The van der Waals surface area contributed by atoms with E-state index in [0.29, 0.717) is 23.7 Å². The topological polar surface area (TPSA) is 236 Å². The number of furan rings is 1. The number of unbranched alkanes of at least 4 members (excludes halogenated alkanes) is 1.